The fourth-order valence-corrected chi connectivity index (χ4v) is 1.10. The van der Waals surface area contributed by atoms with Crippen LogP contribution >= 0.6 is 23.2 Å². The summed E-state index contributed by atoms with van der Waals surface area (Å²) in [6.45, 7) is 0. The summed E-state index contributed by atoms with van der Waals surface area (Å²) in [7, 11) is 0. The minimum atomic E-state index is -0.353. The van der Waals surface area contributed by atoms with Crippen molar-refractivity contribution in [2.24, 2.45) is 0 Å². The lowest BCUT2D eigenvalue weighted by atomic mass is 10.3. The van der Waals surface area contributed by atoms with Crippen molar-refractivity contribution in [1.82, 2.24) is 0 Å². The molecule has 3 nitrogen and oxygen atoms in total. The average Bonchev–Trinajstić information content (AvgIpc) is 1.97. The molecule has 0 fully saturated rings. The molecule has 0 radical (unpaired) electrons. The molecule has 0 heterocycles. The number of phenols is 2. The fourth-order valence-electron chi connectivity index (χ4n) is 0.617. The number of phenolic OH excluding ortho intramolecular Hbond substituents is 2. The summed E-state index contributed by atoms with van der Waals surface area (Å²) in [5.41, 5.74) is 5.01. The van der Waals surface area contributed by atoms with Crippen LogP contribution in [0.5, 0.6) is 11.5 Å². The number of anilines is 1. The molecule has 0 saturated carbocycles. The largest absolute Gasteiger partial charge is 0.504 e. The molecule has 0 atom stereocenters. The lowest BCUT2D eigenvalue weighted by Crippen LogP contribution is -1.87. The fraction of sp³-hybridized carbons (Fsp3) is 0. The van der Waals surface area contributed by atoms with Crippen molar-refractivity contribution in [3.05, 3.63) is 16.1 Å². The highest BCUT2D eigenvalue weighted by atomic mass is 35.5. The van der Waals surface area contributed by atoms with Crippen molar-refractivity contribution < 1.29 is 10.2 Å². The normalized spacial score (nSPS) is 10.0. The van der Waals surface area contributed by atoms with Crippen LogP contribution in [0.4, 0.5) is 5.69 Å². The molecule has 0 spiro atoms. The third-order valence-corrected chi connectivity index (χ3v) is 1.79. The predicted octanol–water partition coefficient (Wildman–Crippen LogP) is 1.99. The molecule has 0 aliphatic carbocycles. The third kappa shape index (κ3) is 1.29. The van der Waals surface area contributed by atoms with Crippen molar-refractivity contribution in [2.45, 2.75) is 0 Å². The second-order valence-electron chi connectivity index (χ2n) is 1.95. The molecule has 0 unspecified atom stereocenters. The Bertz CT molecular complexity index is 275. The van der Waals surface area contributed by atoms with Crippen LogP contribution in [-0.2, 0) is 0 Å². The highest BCUT2D eigenvalue weighted by Crippen LogP contribution is 2.41. The van der Waals surface area contributed by atoms with Crippen LogP contribution in [0.2, 0.25) is 10.0 Å². The number of nitrogen functional groups attached to an aromatic ring is 1. The topological polar surface area (TPSA) is 66.5 Å². The number of hydrogen-bond acceptors (Lipinski definition) is 3. The molecule has 1 aromatic rings. The molecule has 11 heavy (non-hydrogen) atoms. The number of benzene rings is 1. The van der Waals surface area contributed by atoms with Crippen LogP contribution in [-0.4, -0.2) is 10.2 Å². The van der Waals surface area contributed by atoms with Crippen LogP contribution in [0, 0.1) is 0 Å². The number of halogens is 2. The zero-order valence-corrected chi connectivity index (χ0v) is 6.82. The van der Waals surface area contributed by atoms with E-state index in [0.717, 1.165) is 0 Å². The Labute approximate surface area is 73.0 Å². The van der Waals surface area contributed by atoms with Gasteiger partial charge in [-0.2, -0.15) is 0 Å². The zero-order chi connectivity index (χ0) is 8.59. The number of nitrogens with two attached hydrogens (primary N) is 1. The summed E-state index contributed by atoms with van der Waals surface area (Å²) in [6, 6.07) is 1.21. The minimum absolute atomic E-state index is 0.0188. The summed E-state index contributed by atoms with van der Waals surface area (Å²) >= 11 is 10.9. The summed E-state index contributed by atoms with van der Waals surface area (Å²) < 4.78 is 0. The molecule has 0 aromatic heterocycles. The van der Waals surface area contributed by atoms with Crippen molar-refractivity contribution in [3.8, 4) is 11.5 Å². The molecule has 60 valence electrons. The zero-order valence-electron chi connectivity index (χ0n) is 5.31. The number of rotatable bonds is 0. The van der Waals surface area contributed by atoms with Crippen LogP contribution in [0.15, 0.2) is 6.07 Å². The third-order valence-electron chi connectivity index (χ3n) is 1.22. The number of aromatic hydroxyl groups is 2. The maximum absolute atomic E-state index is 9.04. The molecule has 0 aliphatic heterocycles. The molecule has 0 bridgehead atoms. The van der Waals surface area contributed by atoms with E-state index >= 15 is 0 Å². The quantitative estimate of drug-likeness (QED) is 0.437. The van der Waals surface area contributed by atoms with Gasteiger partial charge in [-0.15, -0.1) is 0 Å². The van der Waals surface area contributed by atoms with Gasteiger partial charge >= 0.3 is 0 Å². The van der Waals surface area contributed by atoms with Crippen LogP contribution in [0.25, 0.3) is 0 Å². The second kappa shape index (κ2) is 2.68. The molecule has 4 N–H and O–H groups in total. The molecule has 1 aromatic carbocycles. The Balaban J connectivity index is 3.46. The lowest BCUT2D eigenvalue weighted by molar-refractivity contribution is 0.456. The van der Waals surface area contributed by atoms with Gasteiger partial charge < -0.3 is 15.9 Å². The predicted molar refractivity (Wildman–Crippen MR) is 44.2 cm³/mol. The Morgan fingerprint density at radius 2 is 1.45 bits per heavy atom. The van der Waals surface area contributed by atoms with Gasteiger partial charge in [0, 0.05) is 0 Å². The highest BCUT2D eigenvalue weighted by molar-refractivity contribution is 6.37. The first-order valence-corrected chi connectivity index (χ1v) is 3.45. The van der Waals surface area contributed by atoms with E-state index in [1.807, 2.05) is 0 Å². The molecule has 0 aliphatic rings. The van der Waals surface area contributed by atoms with Gasteiger partial charge in [0.1, 0.15) is 5.69 Å². The summed E-state index contributed by atoms with van der Waals surface area (Å²) in [5.74, 6) is -0.706. The van der Waals surface area contributed by atoms with E-state index in [-0.39, 0.29) is 27.2 Å². The highest BCUT2D eigenvalue weighted by Gasteiger charge is 2.11. The van der Waals surface area contributed by atoms with Gasteiger partial charge in [0.15, 0.2) is 11.5 Å². The van der Waals surface area contributed by atoms with Gasteiger partial charge in [0.05, 0.1) is 10.0 Å². The van der Waals surface area contributed by atoms with Gasteiger partial charge in [0.25, 0.3) is 0 Å². The summed E-state index contributed by atoms with van der Waals surface area (Å²) in [5, 5.41) is 18.1. The smallest absolute Gasteiger partial charge is 0.161 e. The van der Waals surface area contributed by atoms with E-state index in [9.17, 15) is 0 Å². The first-order valence-electron chi connectivity index (χ1n) is 2.69. The van der Waals surface area contributed by atoms with Gasteiger partial charge in [0.2, 0.25) is 0 Å². The van der Waals surface area contributed by atoms with Gasteiger partial charge in [-0.05, 0) is 6.07 Å². The standard InChI is InChI=1S/C6H5Cl2NO2/c7-2-1-3(8)6(11)4(9)5(2)10/h1,10-11H,9H2. The first kappa shape index (κ1) is 8.30. The average molecular weight is 194 g/mol. The molecule has 0 amide bonds. The summed E-state index contributed by atoms with van der Waals surface area (Å²) in [4.78, 5) is 0. The molecular formula is C6H5Cl2NO2. The van der Waals surface area contributed by atoms with Gasteiger partial charge in [-0.1, -0.05) is 23.2 Å². The van der Waals surface area contributed by atoms with Crippen molar-refractivity contribution in [3.63, 3.8) is 0 Å². The maximum atomic E-state index is 9.04. The number of hydrogen-bond donors (Lipinski definition) is 3. The monoisotopic (exact) mass is 193 g/mol. The second-order valence-corrected chi connectivity index (χ2v) is 2.77. The van der Waals surface area contributed by atoms with Gasteiger partial charge in [-0.3, -0.25) is 0 Å². The van der Waals surface area contributed by atoms with E-state index < -0.39 is 0 Å². The van der Waals surface area contributed by atoms with E-state index in [1.54, 1.807) is 0 Å². The molecule has 1 rings (SSSR count). The minimum Gasteiger partial charge on any atom is -0.504 e. The van der Waals surface area contributed by atoms with Crippen molar-refractivity contribution in [2.75, 3.05) is 5.73 Å². The van der Waals surface area contributed by atoms with Crippen molar-refractivity contribution in [1.29, 1.82) is 0 Å². The van der Waals surface area contributed by atoms with E-state index in [1.165, 1.54) is 6.07 Å². The Morgan fingerprint density at radius 1 is 1.09 bits per heavy atom. The maximum Gasteiger partial charge on any atom is 0.161 e. The van der Waals surface area contributed by atoms with Crippen molar-refractivity contribution >= 4 is 28.9 Å². The van der Waals surface area contributed by atoms with Crippen LogP contribution < -0.4 is 5.73 Å². The van der Waals surface area contributed by atoms with Crippen LogP contribution in [0.1, 0.15) is 0 Å². The lowest BCUT2D eigenvalue weighted by Gasteiger charge is -2.04. The molecule has 0 saturated heterocycles. The summed E-state index contributed by atoms with van der Waals surface area (Å²) in [6.07, 6.45) is 0. The SMILES string of the molecule is Nc1c(O)c(Cl)cc(Cl)c1O. The van der Waals surface area contributed by atoms with E-state index in [0.29, 0.717) is 0 Å². The first-order chi connectivity index (χ1) is 5.04. The van der Waals surface area contributed by atoms with Gasteiger partial charge in [-0.25, -0.2) is 0 Å². The Kier molecular flexibility index (Phi) is 2.02. The Hall–Kier alpha value is -0.800. The molecular weight excluding hydrogens is 189 g/mol. The van der Waals surface area contributed by atoms with E-state index in [4.69, 9.17) is 39.1 Å². The molecule has 5 heteroatoms. The van der Waals surface area contributed by atoms with E-state index in [2.05, 4.69) is 0 Å². The Morgan fingerprint density at radius 3 is 1.82 bits per heavy atom. The van der Waals surface area contributed by atoms with Crippen LogP contribution in [0.3, 0.4) is 0 Å².